The van der Waals surface area contributed by atoms with Crippen LogP contribution in [0.5, 0.6) is 0 Å². The quantitative estimate of drug-likeness (QED) is 0.864. The molecule has 0 saturated carbocycles. The molecule has 0 amide bonds. The Morgan fingerprint density at radius 1 is 0.950 bits per heavy atom. The molecule has 2 aromatic carbocycles. The topological polar surface area (TPSA) is 20.2 Å². The summed E-state index contributed by atoms with van der Waals surface area (Å²) in [4.78, 5) is 0. The molecule has 0 aliphatic heterocycles. The minimum absolute atomic E-state index is 0.247. The lowest BCUT2D eigenvalue weighted by Gasteiger charge is -2.18. The Kier molecular flexibility index (Phi) is 3.86. The maximum absolute atomic E-state index is 12.7. The van der Waals surface area contributed by atoms with Crippen molar-refractivity contribution in [1.29, 1.82) is 0 Å². The average Bonchev–Trinajstić information content (AvgIpc) is 2.37. The minimum Gasteiger partial charge on any atom is -0.384 e. The number of halogens is 3. The van der Waals surface area contributed by atoms with Crippen LogP contribution in [0, 0.1) is 13.8 Å². The maximum Gasteiger partial charge on any atom is 0.416 e. The zero-order chi connectivity index (χ0) is 14.9. The summed E-state index contributed by atoms with van der Waals surface area (Å²) in [6, 6.07) is 10.3. The maximum atomic E-state index is 12.7. The Labute approximate surface area is 115 Å². The second-order valence-corrected chi connectivity index (χ2v) is 4.83. The number of aryl methyl sites for hydroxylation is 2. The third kappa shape index (κ3) is 2.85. The third-order valence-electron chi connectivity index (χ3n) is 3.35. The van der Waals surface area contributed by atoms with E-state index < -0.39 is 17.8 Å². The highest BCUT2D eigenvalue weighted by molar-refractivity contribution is 5.41. The molecule has 0 fully saturated rings. The van der Waals surface area contributed by atoms with E-state index in [1.807, 2.05) is 32.0 Å². The third-order valence-corrected chi connectivity index (χ3v) is 3.35. The van der Waals surface area contributed by atoms with Crippen molar-refractivity contribution in [3.05, 3.63) is 70.3 Å². The smallest absolute Gasteiger partial charge is 0.384 e. The molecule has 1 unspecified atom stereocenters. The summed E-state index contributed by atoms with van der Waals surface area (Å²) in [5, 5.41) is 10.4. The van der Waals surface area contributed by atoms with E-state index in [0.29, 0.717) is 5.56 Å². The van der Waals surface area contributed by atoms with Gasteiger partial charge >= 0.3 is 6.18 Å². The standard InChI is InChI=1S/C16H15F3O/c1-10-5-3-6-11(2)14(10)15(20)12-7-4-8-13(9-12)16(17,18)19/h3-9,15,20H,1-2H3. The van der Waals surface area contributed by atoms with E-state index in [-0.39, 0.29) is 5.56 Å². The fourth-order valence-corrected chi connectivity index (χ4v) is 2.31. The molecule has 0 heterocycles. The van der Waals surface area contributed by atoms with Gasteiger partial charge in [-0.3, -0.25) is 0 Å². The van der Waals surface area contributed by atoms with Crippen molar-refractivity contribution < 1.29 is 18.3 Å². The molecular formula is C16H15F3O. The Hall–Kier alpha value is -1.81. The number of hydrogen-bond donors (Lipinski definition) is 1. The molecule has 0 aliphatic rings. The van der Waals surface area contributed by atoms with Crippen LogP contribution in [0.3, 0.4) is 0 Å². The molecule has 2 rings (SSSR count). The van der Waals surface area contributed by atoms with Crippen molar-refractivity contribution >= 4 is 0 Å². The zero-order valence-corrected chi connectivity index (χ0v) is 11.2. The summed E-state index contributed by atoms with van der Waals surface area (Å²) in [5.41, 5.74) is 1.87. The van der Waals surface area contributed by atoms with Crippen LogP contribution in [0.25, 0.3) is 0 Å². The fourth-order valence-electron chi connectivity index (χ4n) is 2.31. The normalized spacial score (nSPS) is 13.3. The van der Waals surface area contributed by atoms with Gasteiger partial charge in [0.1, 0.15) is 6.10 Å². The number of alkyl halides is 3. The van der Waals surface area contributed by atoms with E-state index in [0.717, 1.165) is 23.3 Å². The van der Waals surface area contributed by atoms with Crippen LogP contribution in [0.2, 0.25) is 0 Å². The van der Waals surface area contributed by atoms with Crippen molar-refractivity contribution in [2.24, 2.45) is 0 Å². The van der Waals surface area contributed by atoms with Crippen LogP contribution in [-0.4, -0.2) is 5.11 Å². The second-order valence-electron chi connectivity index (χ2n) is 4.83. The summed E-state index contributed by atoms with van der Waals surface area (Å²) in [5.74, 6) is 0. The molecular weight excluding hydrogens is 265 g/mol. The van der Waals surface area contributed by atoms with Crippen LogP contribution in [-0.2, 0) is 6.18 Å². The van der Waals surface area contributed by atoms with Crippen LogP contribution < -0.4 is 0 Å². The number of rotatable bonds is 2. The van der Waals surface area contributed by atoms with Gasteiger partial charge in [0, 0.05) is 0 Å². The van der Waals surface area contributed by atoms with E-state index in [9.17, 15) is 18.3 Å². The van der Waals surface area contributed by atoms with E-state index in [1.165, 1.54) is 12.1 Å². The molecule has 106 valence electrons. The monoisotopic (exact) mass is 280 g/mol. The predicted octanol–water partition coefficient (Wildman–Crippen LogP) is 4.40. The van der Waals surface area contributed by atoms with Gasteiger partial charge in [-0.25, -0.2) is 0 Å². The van der Waals surface area contributed by atoms with Crippen LogP contribution >= 0.6 is 0 Å². The molecule has 0 spiro atoms. The molecule has 0 saturated heterocycles. The molecule has 20 heavy (non-hydrogen) atoms. The molecule has 0 radical (unpaired) electrons. The van der Waals surface area contributed by atoms with Crippen LogP contribution in [0.15, 0.2) is 42.5 Å². The van der Waals surface area contributed by atoms with Crippen molar-refractivity contribution in [1.82, 2.24) is 0 Å². The van der Waals surface area contributed by atoms with E-state index in [2.05, 4.69) is 0 Å². The average molecular weight is 280 g/mol. The molecule has 2 aromatic rings. The molecule has 0 aliphatic carbocycles. The molecule has 0 aromatic heterocycles. The van der Waals surface area contributed by atoms with Crippen molar-refractivity contribution in [3.63, 3.8) is 0 Å². The predicted molar refractivity (Wildman–Crippen MR) is 71.4 cm³/mol. The number of hydrogen-bond acceptors (Lipinski definition) is 1. The van der Waals surface area contributed by atoms with Crippen molar-refractivity contribution in [3.8, 4) is 0 Å². The summed E-state index contributed by atoms with van der Waals surface area (Å²) in [6.07, 6.45) is -5.46. The summed E-state index contributed by atoms with van der Waals surface area (Å²) in [6.45, 7) is 3.67. The lowest BCUT2D eigenvalue weighted by atomic mass is 9.93. The largest absolute Gasteiger partial charge is 0.416 e. The molecule has 1 nitrogen and oxygen atoms in total. The lowest BCUT2D eigenvalue weighted by Crippen LogP contribution is -2.09. The first-order valence-corrected chi connectivity index (χ1v) is 6.22. The number of aliphatic hydroxyl groups excluding tert-OH is 1. The Balaban J connectivity index is 2.46. The highest BCUT2D eigenvalue weighted by Gasteiger charge is 2.31. The Morgan fingerprint density at radius 3 is 2.05 bits per heavy atom. The summed E-state index contributed by atoms with van der Waals surface area (Å²) < 4.78 is 38.1. The molecule has 4 heteroatoms. The summed E-state index contributed by atoms with van der Waals surface area (Å²) in [7, 11) is 0. The lowest BCUT2D eigenvalue weighted by molar-refractivity contribution is -0.137. The molecule has 1 N–H and O–H groups in total. The second kappa shape index (κ2) is 5.29. The summed E-state index contributed by atoms with van der Waals surface area (Å²) >= 11 is 0. The van der Waals surface area contributed by atoms with Gasteiger partial charge in [0.05, 0.1) is 5.56 Å². The van der Waals surface area contributed by atoms with Gasteiger partial charge in [-0.05, 0) is 48.2 Å². The highest BCUT2D eigenvalue weighted by atomic mass is 19.4. The van der Waals surface area contributed by atoms with Crippen LogP contribution in [0.4, 0.5) is 13.2 Å². The van der Waals surface area contributed by atoms with Gasteiger partial charge in [-0.2, -0.15) is 13.2 Å². The Morgan fingerprint density at radius 2 is 1.50 bits per heavy atom. The van der Waals surface area contributed by atoms with Gasteiger partial charge in [0.25, 0.3) is 0 Å². The Bertz CT molecular complexity index is 597. The number of benzene rings is 2. The SMILES string of the molecule is Cc1cccc(C)c1C(O)c1cccc(C(F)(F)F)c1. The molecule has 1 atom stereocenters. The van der Waals surface area contributed by atoms with Crippen molar-refractivity contribution in [2.75, 3.05) is 0 Å². The van der Waals surface area contributed by atoms with E-state index in [1.54, 1.807) is 0 Å². The first-order valence-electron chi connectivity index (χ1n) is 6.22. The minimum atomic E-state index is -4.41. The van der Waals surface area contributed by atoms with E-state index >= 15 is 0 Å². The van der Waals surface area contributed by atoms with E-state index in [4.69, 9.17) is 0 Å². The van der Waals surface area contributed by atoms with Gasteiger partial charge in [0.15, 0.2) is 0 Å². The molecule has 0 bridgehead atoms. The first-order chi connectivity index (χ1) is 9.30. The number of aliphatic hydroxyl groups is 1. The van der Waals surface area contributed by atoms with Gasteiger partial charge in [-0.15, -0.1) is 0 Å². The van der Waals surface area contributed by atoms with Crippen molar-refractivity contribution in [2.45, 2.75) is 26.1 Å². The highest BCUT2D eigenvalue weighted by Crippen LogP contribution is 2.33. The van der Waals surface area contributed by atoms with Crippen LogP contribution in [0.1, 0.15) is 33.9 Å². The van der Waals surface area contributed by atoms with Gasteiger partial charge in [-0.1, -0.05) is 30.3 Å². The van der Waals surface area contributed by atoms with Gasteiger partial charge < -0.3 is 5.11 Å². The first kappa shape index (κ1) is 14.6. The zero-order valence-electron chi connectivity index (χ0n) is 11.2. The fraction of sp³-hybridized carbons (Fsp3) is 0.250. The van der Waals surface area contributed by atoms with Gasteiger partial charge in [0.2, 0.25) is 0 Å².